The molecule has 1 N–H and O–H groups in total. The third kappa shape index (κ3) is 3.43. The van der Waals surface area contributed by atoms with Crippen molar-refractivity contribution < 1.29 is 23.1 Å². The molecular formula is C9H17NO5S. The second-order valence-corrected chi connectivity index (χ2v) is 5.85. The second-order valence-electron chi connectivity index (χ2n) is 3.81. The molecule has 0 spiro atoms. The maximum Gasteiger partial charge on any atom is 0.304 e. The summed E-state index contributed by atoms with van der Waals surface area (Å²) in [6.07, 6.45) is 1.23. The maximum absolute atomic E-state index is 11.8. The van der Waals surface area contributed by atoms with Crippen molar-refractivity contribution in [1.82, 2.24) is 4.31 Å². The molecule has 0 aliphatic carbocycles. The van der Waals surface area contributed by atoms with Gasteiger partial charge in [0.05, 0.1) is 18.8 Å². The third-order valence-electron chi connectivity index (χ3n) is 2.64. The Kier molecular flexibility index (Phi) is 4.69. The molecule has 0 bridgehead atoms. The highest BCUT2D eigenvalue weighted by Crippen LogP contribution is 2.23. The van der Waals surface area contributed by atoms with Crippen LogP contribution < -0.4 is 0 Å². The van der Waals surface area contributed by atoms with Gasteiger partial charge < -0.3 is 9.84 Å². The molecule has 0 aromatic rings. The molecule has 1 aliphatic rings. The lowest BCUT2D eigenvalue weighted by Gasteiger charge is -2.22. The zero-order chi connectivity index (χ0) is 12.2. The summed E-state index contributed by atoms with van der Waals surface area (Å²) in [4.78, 5) is 10.6. The number of sulfonamides is 1. The van der Waals surface area contributed by atoms with E-state index in [1.165, 1.54) is 11.4 Å². The molecule has 1 rings (SSSR count). The molecule has 16 heavy (non-hydrogen) atoms. The monoisotopic (exact) mass is 251 g/mol. The topological polar surface area (TPSA) is 83.9 Å². The van der Waals surface area contributed by atoms with Gasteiger partial charge in [-0.25, -0.2) is 8.42 Å². The lowest BCUT2D eigenvalue weighted by Crippen LogP contribution is -2.39. The summed E-state index contributed by atoms with van der Waals surface area (Å²) in [5.41, 5.74) is 0. The van der Waals surface area contributed by atoms with Crippen LogP contribution >= 0.6 is 0 Å². The van der Waals surface area contributed by atoms with Crippen LogP contribution in [0, 0.1) is 0 Å². The van der Waals surface area contributed by atoms with Crippen LogP contribution in [0.15, 0.2) is 0 Å². The highest BCUT2D eigenvalue weighted by atomic mass is 32.2. The molecule has 0 radical (unpaired) electrons. The molecule has 1 aliphatic heterocycles. The predicted molar refractivity (Wildman–Crippen MR) is 57.6 cm³/mol. The van der Waals surface area contributed by atoms with E-state index in [2.05, 4.69) is 0 Å². The highest BCUT2D eigenvalue weighted by molar-refractivity contribution is 7.89. The summed E-state index contributed by atoms with van der Waals surface area (Å²) in [6, 6.07) is -0.389. The van der Waals surface area contributed by atoms with Crippen molar-refractivity contribution >= 4 is 16.0 Å². The number of aliphatic carboxylic acids is 1. The van der Waals surface area contributed by atoms with Crippen molar-refractivity contribution in [2.45, 2.75) is 25.3 Å². The van der Waals surface area contributed by atoms with Gasteiger partial charge in [0.15, 0.2) is 0 Å². The molecule has 6 nitrogen and oxygen atoms in total. The average Bonchev–Trinajstić information content (AvgIpc) is 2.62. The lowest BCUT2D eigenvalue weighted by molar-refractivity contribution is -0.137. The van der Waals surface area contributed by atoms with E-state index in [0.29, 0.717) is 13.0 Å². The van der Waals surface area contributed by atoms with Crippen molar-refractivity contribution in [1.29, 1.82) is 0 Å². The summed E-state index contributed by atoms with van der Waals surface area (Å²) in [5, 5.41) is 8.69. The Hall–Kier alpha value is -0.660. The van der Waals surface area contributed by atoms with Crippen LogP contribution in [0.2, 0.25) is 0 Å². The van der Waals surface area contributed by atoms with Gasteiger partial charge in [-0.2, -0.15) is 4.31 Å². The van der Waals surface area contributed by atoms with E-state index < -0.39 is 16.0 Å². The van der Waals surface area contributed by atoms with Gasteiger partial charge in [0.25, 0.3) is 0 Å². The molecular weight excluding hydrogens is 234 g/mol. The zero-order valence-corrected chi connectivity index (χ0v) is 10.1. The molecule has 1 atom stereocenters. The first-order valence-electron chi connectivity index (χ1n) is 5.17. The Labute approximate surface area is 95.2 Å². The van der Waals surface area contributed by atoms with Crippen molar-refractivity contribution in [2.24, 2.45) is 0 Å². The predicted octanol–water partition coefficient (Wildman–Crippen LogP) is -0.0983. The number of nitrogens with zero attached hydrogens (tertiary/aromatic N) is 1. The maximum atomic E-state index is 11.8. The molecule has 1 unspecified atom stereocenters. The van der Waals surface area contributed by atoms with Crippen LogP contribution in [-0.4, -0.2) is 55.9 Å². The van der Waals surface area contributed by atoms with Crippen molar-refractivity contribution in [2.75, 3.05) is 26.0 Å². The smallest absolute Gasteiger partial charge is 0.304 e. The molecule has 0 amide bonds. The Bertz CT molecular complexity index is 340. The summed E-state index contributed by atoms with van der Waals surface area (Å²) < 4.78 is 29.7. The Morgan fingerprint density at radius 1 is 1.56 bits per heavy atom. The fraction of sp³-hybridized carbons (Fsp3) is 0.889. The van der Waals surface area contributed by atoms with Gasteiger partial charge in [-0.3, -0.25) is 4.79 Å². The molecule has 0 saturated carbocycles. The van der Waals surface area contributed by atoms with Gasteiger partial charge in [0.2, 0.25) is 10.0 Å². The van der Waals surface area contributed by atoms with Gasteiger partial charge in [0.1, 0.15) is 0 Å². The zero-order valence-electron chi connectivity index (χ0n) is 9.26. The molecule has 7 heteroatoms. The van der Waals surface area contributed by atoms with Gasteiger partial charge in [-0.15, -0.1) is 0 Å². The first-order chi connectivity index (χ1) is 7.47. The largest absolute Gasteiger partial charge is 0.481 e. The first kappa shape index (κ1) is 13.4. The number of carbonyl (C=O) groups is 1. The van der Waals surface area contributed by atoms with Crippen LogP contribution in [0.4, 0.5) is 0 Å². The van der Waals surface area contributed by atoms with E-state index in [1.807, 2.05) is 0 Å². The van der Waals surface area contributed by atoms with Crippen molar-refractivity contribution in [3.63, 3.8) is 0 Å². The molecule has 1 saturated heterocycles. The SMILES string of the molecule is COCCS(=O)(=O)N1CCCC1CC(=O)O. The van der Waals surface area contributed by atoms with Gasteiger partial charge in [0, 0.05) is 19.7 Å². The van der Waals surface area contributed by atoms with E-state index in [1.54, 1.807) is 0 Å². The number of carboxylic acids is 1. The van der Waals surface area contributed by atoms with E-state index in [-0.39, 0.29) is 24.8 Å². The quantitative estimate of drug-likeness (QED) is 0.712. The normalized spacial score (nSPS) is 22.4. The van der Waals surface area contributed by atoms with E-state index in [0.717, 1.165) is 6.42 Å². The fourth-order valence-electron chi connectivity index (χ4n) is 1.89. The van der Waals surface area contributed by atoms with Gasteiger partial charge in [-0.1, -0.05) is 0 Å². The third-order valence-corrected chi connectivity index (χ3v) is 4.51. The average molecular weight is 251 g/mol. The number of rotatable bonds is 6. The summed E-state index contributed by atoms with van der Waals surface area (Å²) in [7, 11) is -1.93. The summed E-state index contributed by atoms with van der Waals surface area (Å²) >= 11 is 0. The highest BCUT2D eigenvalue weighted by Gasteiger charge is 2.34. The standard InChI is InChI=1S/C9H17NO5S/c1-15-5-6-16(13,14)10-4-2-3-8(10)7-9(11)12/h8H,2-7H2,1H3,(H,11,12). The van der Waals surface area contributed by atoms with Crippen LogP contribution in [0.1, 0.15) is 19.3 Å². The summed E-state index contributed by atoms with van der Waals surface area (Å²) in [6.45, 7) is 0.558. The first-order valence-corrected chi connectivity index (χ1v) is 6.78. The summed E-state index contributed by atoms with van der Waals surface area (Å²) in [5.74, 6) is -1.04. The van der Waals surface area contributed by atoms with Gasteiger partial charge >= 0.3 is 5.97 Å². The molecule has 94 valence electrons. The van der Waals surface area contributed by atoms with Gasteiger partial charge in [-0.05, 0) is 12.8 Å². The van der Waals surface area contributed by atoms with Crippen LogP contribution in [0.5, 0.6) is 0 Å². The van der Waals surface area contributed by atoms with Crippen LogP contribution in [0.3, 0.4) is 0 Å². The van der Waals surface area contributed by atoms with Crippen LogP contribution in [-0.2, 0) is 19.6 Å². The van der Waals surface area contributed by atoms with Crippen molar-refractivity contribution in [3.8, 4) is 0 Å². The molecule has 0 aromatic heterocycles. The number of methoxy groups -OCH3 is 1. The second kappa shape index (κ2) is 5.60. The van der Waals surface area contributed by atoms with E-state index in [9.17, 15) is 13.2 Å². The minimum absolute atomic E-state index is 0.0837. The van der Waals surface area contributed by atoms with E-state index >= 15 is 0 Å². The number of hydrogen-bond acceptors (Lipinski definition) is 4. The van der Waals surface area contributed by atoms with E-state index in [4.69, 9.17) is 9.84 Å². The Morgan fingerprint density at radius 3 is 2.81 bits per heavy atom. The number of hydrogen-bond donors (Lipinski definition) is 1. The Morgan fingerprint density at radius 2 is 2.25 bits per heavy atom. The van der Waals surface area contributed by atoms with Crippen LogP contribution in [0.25, 0.3) is 0 Å². The number of ether oxygens (including phenoxy) is 1. The Balaban J connectivity index is 2.66. The fourth-order valence-corrected chi connectivity index (χ4v) is 3.54. The lowest BCUT2D eigenvalue weighted by atomic mass is 10.2. The molecule has 1 fully saturated rings. The number of carboxylic acid groups (broad SMARTS) is 1. The van der Waals surface area contributed by atoms with Crippen molar-refractivity contribution in [3.05, 3.63) is 0 Å². The minimum Gasteiger partial charge on any atom is -0.481 e. The molecule has 0 aromatic carbocycles. The minimum atomic E-state index is -3.37. The molecule has 1 heterocycles.